The second kappa shape index (κ2) is 3.00. The molecule has 0 atom stereocenters. The molecule has 6 heteroatoms. The van der Waals surface area contributed by atoms with E-state index in [0.717, 1.165) is 0 Å². The van der Waals surface area contributed by atoms with Crippen molar-refractivity contribution in [2.75, 3.05) is 0 Å². The van der Waals surface area contributed by atoms with Crippen LogP contribution in [-0.4, -0.2) is 6.82 Å². The highest BCUT2D eigenvalue weighted by Gasteiger charge is 2.34. The van der Waals surface area contributed by atoms with E-state index in [-0.39, 0.29) is 0 Å². The average molecular weight is 222 g/mol. The molecule has 0 unspecified atom stereocenters. The molecular weight excluding hydrogens is 216 g/mol. The van der Waals surface area contributed by atoms with Crippen molar-refractivity contribution in [3.63, 3.8) is 0 Å². The minimum atomic E-state index is -0.887. The zero-order valence-corrected chi connectivity index (χ0v) is 9.05. The van der Waals surface area contributed by atoms with Crippen LogP contribution in [0.3, 0.4) is 0 Å². The summed E-state index contributed by atoms with van der Waals surface area (Å²) in [4.78, 5) is 0. The van der Waals surface area contributed by atoms with Gasteiger partial charge >= 0.3 is 0 Å². The fourth-order valence-electron chi connectivity index (χ4n) is 0. The lowest BCUT2D eigenvalue weighted by Gasteiger charge is -2.28. The molecule has 0 heterocycles. The maximum atomic E-state index is 3.93. The summed E-state index contributed by atoms with van der Waals surface area (Å²) in [5.74, 6) is 0. The smallest absolute Gasteiger partial charge is 0.131 e. The first-order chi connectivity index (χ1) is 3.25. The molecule has 0 aliphatic heterocycles. The van der Waals surface area contributed by atoms with E-state index in [4.69, 9.17) is 0 Å². The summed E-state index contributed by atoms with van der Waals surface area (Å²) in [5, 5.41) is 0. The Morgan fingerprint density at radius 1 is 0.500 bits per heavy atom. The molecule has 0 aliphatic carbocycles. The summed E-state index contributed by atoms with van der Waals surface area (Å²) in [6, 6.07) is 0. The standard InChI is InChI=1S/C2H6S6/c3-1(4,5)2(6,7)8/h3-8H. The van der Waals surface area contributed by atoms with Crippen LogP contribution in [0.1, 0.15) is 0 Å². The van der Waals surface area contributed by atoms with Gasteiger partial charge in [0.25, 0.3) is 0 Å². The van der Waals surface area contributed by atoms with Gasteiger partial charge in [0, 0.05) is 0 Å². The monoisotopic (exact) mass is 222 g/mol. The largest absolute Gasteiger partial charge is 0.148 e. The fourth-order valence-corrected chi connectivity index (χ4v) is 0. The van der Waals surface area contributed by atoms with Crippen LogP contribution in [0.4, 0.5) is 0 Å². The Hall–Kier alpha value is 2.10. The van der Waals surface area contributed by atoms with Gasteiger partial charge in [0.2, 0.25) is 0 Å². The number of thiol groups is 6. The molecule has 0 rings (SSSR count). The van der Waals surface area contributed by atoms with Gasteiger partial charge in [0.15, 0.2) is 0 Å². The molecule has 0 bridgehead atoms. The minimum absolute atomic E-state index is 0.887. The molecule has 0 N–H and O–H groups in total. The quantitative estimate of drug-likeness (QED) is 0.283. The van der Waals surface area contributed by atoms with Gasteiger partial charge in [-0.1, -0.05) is 0 Å². The summed E-state index contributed by atoms with van der Waals surface area (Å²) in [6.45, 7) is 0. The first-order valence-electron chi connectivity index (χ1n) is 1.59. The lowest BCUT2D eigenvalue weighted by atomic mass is 10.9. The predicted molar refractivity (Wildman–Crippen MR) is 59.4 cm³/mol. The van der Waals surface area contributed by atoms with Crippen molar-refractivity contribution < 1.29 is 0 Å². The van der Waals surface area contributed by atoms with E-state index in [1.165, 1.54) is 0 Å². The van der Waals surface area contributed by atoms with E-state index in [2.05, 4.69) is 75.8 Å². The molecule has 0 aromatic rings. The topological polar surface area (TPSA) is 0 Å². The lowest BCUT2D eigenvalue weighted by molar-refractivity contribution is 1.26. The molecule has 50 valence electrons. The van der Waals surface area contributed by atoms with E-state index < -0.39 is 6.82 Å². The van der Waals surface area contributed by atoms with Gasteiger partial charge in [-0.05, 0) is 0 Å². The highest BCUT2D eigenvalue weighted by Crippen LogP contribution is 2.46. The Bertz CT molecular complexity index is 61.5. The van der Waals surface area contributed by atoms with E-state index in [1.807, 2.05) is 0 Å². The Morgan fingerprint density at radius 2 is 0.625 bits per heavy atom. The van der Waals surface area contributed by atoms with Gasteiger partial charge < -0.3 is 0 Å². The third-order valence-electron chi connectivity index (χ3n) is 0.450. The zero-order chi connectivity index (χ0) is 7.00. The summed E-state index contributed by atoms with van der Waals surface area (Å²) < 4.78 is -1.77. The van der Waals surface area contributed by atoms with Crippen LogP contribution in [0.2, 0.25) is 0 Å². The number of rotatable bonds is 1. The SMILES string of the molecule is SC(S)(S)C(S)(S)S. The van der Waals surface area contributed by atoms with Gasteiger partial charge in [0.1, 0.15) is 6.82 Å². The van der Waals surface area contributed by atoms with Crippen LogP contribution in [0.25, 0.3) is 0 Å². The van der Waals surface area contributed by atoms with Crippen LogP contribution in [0, 0.1) is 0 Å². The molecule has 0 amide bonds. The molecule has 0 aromatic carbocycles. The van der Waals surface area contributed by atoms with E-state index in [9.17, 15) is 0 Å². The molecule has 0 aliphatic rings. The van der Waals surface area contributed by atoms with E-state index in [1.54, 1.807) is 0 Å². The summed E-state index contributed by atoms with van der Waals surface area (Å²) >= 11 is 23.6. The van der Waals surface area contributed by atoms with Crippen molar-refractivity contribution in [1.29, 1.82) is 0 Å². The number of hydrogen-bond donors (Lipinski definition) is 6. The van der Waals surface area contributed by atoms with Crippen molar-refractivity contribution in [2.45, 2.75) is 6.82 Å². The molecule has 0 nitrogen and oxygen atoms in total. The lowest BCUT2D eigenvalue weighted by Crippen LogP contribution is -2.24. The van der Waals surface area contributed by atoms with Crippen molar-refractivity contribution >= 4 is 75.8 Å². The second-order valence-electron chi connectivity index (χ2n) is 1.27. The molecule has 0 fully saturated rings. The Kier molecular flexibility index (Phi) is 3.79. The normalized spacial score (nSPS) is 14.2. The van der Waals surface area contributed by atoms with Gasteiger partial charge in [-0.3, -0.25) is 0 Å². The van der Waals surface area contributed by atoms with Crippen molar-refractivity contribution in [3.8, 4) is 0 Å². The second-order valence-corrected chi connectivity index (χ2v) is 7.41. The van der Waals surface area contributed by atoms with Crippen molar-refractivity contribution in [3.05, 3.63) is 0 Å². The first-order valence-corrected chi connectivity index (χ1v) is 4.27. The molecule has 0 aromatic heterocycles. The Labute approximate surface area is 82.0 Å². The first kappa shape index (κ1) is 10.1. The predicted octanol–water partition coefficient (Wildman–Crippen LogP) is 1.87. The molecule has 0 spiro atoms. The minimum Gasteiger partial charge on any atom is -0.148 e. The summed E-state index contributed by atoms with van der Waals surface area (Å²) in [5.41, 5.74) is 0. The maximum absolute atomic E-state index is 3.93. The van der Waals surface area contributed by atoms with Gasteiger partial charge in [-0.25, -0.2) is 0 Å². The molecule has 0 saturated carbocycles. The van der Waals surface area contributed by atoms with E-state index >= 15 is 0 Å². The molecule has 0 saturated heterocycles. The Balaban J connectivity index is 4.02. The van der Waals surface area contributed by atoms with Crippen LogP contribution < -0.4 is 0 Å². The number of hydrogen-bond acceptors (Lipinski definition) is 6. The van der Waals surface area contributed by atoms with E-state index in [0.29, 0.717) is 0 Å². The molecular formula is C2H6S6. The van der Waals surface area contributed by atoms with Crippen molar-refractivity contribution in [1.82, 2.24) is 0 Å². The van der Waals surface area contributed by atoms with Crippen LogP contribution in [0.5, 0.6) is 0 Å². The third-order valence-corrected chi connectivity index (χ3v) is 4.05. The third kappa shape index (κ3) is 3.31. The van der Waals surface area contributed by atoms with Gasteiger partial charge in [-0.15, -0.1) is 75.8 Å². The fraction of sp³-hybridized carbons (Fsp3) is 1.00. The van der Waals surface area contributed by atoms with Gasteiger partial charge in [0.05, 0.1) is 0 Å². The van der Waals surface area contributed by atoms with Crippen LogP contribution in [-0.2, 0) is 0 Å². The maximum Gasteiger partial charge on any atom is 0.131 e. The summed E-state index contributed by atoms with van der Waals surface area (Å²) in [6.07, 6.45) is 0. The summed E-state index contributed by atoms with van der Waals surface area (Å²) in [7, 11) is 0. The van der Waals surface area contributed by atoms with Crippen LogP contribution in [0.15, 0.2) is 0 Å². The van der Waals surface area contributed by atoms with Crippen molar-refractivity contribution in [2.24, 2.45) is 0 Å². The molecule has 8 heavy (non-hydrogen) atoms. The zero-order valence-electron chi connectivity index (χ0n) is 3.68. The van der Waals surface area contributed by atoms with Gasteiger partial charge in [-0.2, -0.15) is 0 Å². The average Bonchev–Trinajstić information content (AvgIpc) is 1.25. The highest BCUT2D eigenvalue weighted by atomic mass is 32.2. The Morgan fingerprint density at radius 3 is 0.625 bits per heavy atom. The molecule has 0 radical (unpaired) electrons. The van der Waals surface area contributed by atoms with Crippen LogP contribution >= 0.6 is 75.8 Å². The highest BCUT2D eigenvalue weighted by molar-refractivity contribution is 8.26.